The molecule has 236 valence electrons. The number of alkyl carbamates (subject to hydrolysis) is 2. The van der Waals surface area contributed by atoms with Crippen molar-refractivity contribution in [3.63, 3.8) is 0 Å². The largest absolute Gasteiger partial charge is 0.445 e. The molecule has 3 N–H and O–H groups in total. The van der Waals surface area contributed by atoms with Crippen molar-refractivity contribution in [2.45, 2.75) is 63.8 Å². The molecule has 0 spiro atoms. The Labute approximate surface area is 267 Å². The Bertz CT molecular complexity index is 1330. The molecule has 0 radical (unpaired) electrons. The summed E-state index contributed by atoms with van der Waals surface area (Å²) in [6.07, 6.45) is 4.34. The van der Waals surface area contributed by atoms with Crippen LogP contribution in [-0.2, 0) is 35.5 Å². The van der Waals surface area contributed by atoms with E-state index < -0.39 is 12.2 Å². The fourth-order valence-electron chi connectivity index (χ4n) is 5.10. The van der Waals surface area contributed by atoms with Crippen LogP contribution >= 0.6 is 0 Å². The van der Waals surface area contributed by atoms with Gasteiger partial charge in [-0.25, -0.2) is 9.59 Å². The predicted octanol–water partition coefficient (Wildman–Crippen LogP) is 7.21. The molecule has 4 aromatic rings. The van der Waals surface area contributed by atoms with E-state index in [0.717, 1.165) is 36.8 Å². The van der Waals surface area contributed by atoms with E-state index in [2.05, 4.69) is 64.5 Å². The van der Waals surface area contributed by atoms with E-state index in [0.29, 0.717) is 25.9 Å². The van der Waals surface area contributed by atoms with E-state index in [-0.39, 0.29) is 25.3 Å². The van der Waals surface area contributed by atoms with Crippen molar-refractivity contribution in [2.75, 3.05) is 13.1 Å². The molecule has 0 aliphatic carbocycles. The summed E-state index contributed by atoms with van der Waals surface area (Å²) in [6, 6.07) is 40.4. The first kappa shape index (κ1) is 33.3. The number of nitrogens with one attached hydrogen (secondary N) is 3. The van der Waals surface area contributed by atoms with Crippen LogP contribution in [0.1, 0.15) is 47.9 Å². The molecule has 45 heavy (non-hydrogen) atoms. The van der Waals surface area contributed by atoms with Crippen LogP contribution in [0.25, 0.3) is 0 Å². The number of rotatable bonds is 18. The zero-order chi connectivity index (χ0) is 31.4. The van der Waals surface area contributed by atoms with Crippen LogP contribution in [0.2, 0.25) is 0 Å². The second-order valence-corrected chi connectivity index (χ2v) is 11.2. The van der Waals surface area contributed by atoms with Crippen LogP contribution in [0.4, 0.5) is 9.59 Å². The Morgan fingerprint density at radius 3 is 1.47 bits per heavy atom. The van der Waals surface area contributed by atoms with Gasteiger partial charge in [0.25, 0.3) is 0 Å². The topological polar surface area (TPSA) is 88.7 Å². The highest BCUT2D eigenvalue weighted by Gasteiger charge is 2.17. The van der Waals surface area contributed by atoms with Gasteiger partial charge >= 0.3 is 12.2 Å². The number of hydrogen-bond acceptors (Lipinski definition) is 5. The average molecular weight is 608 g/mol. The molecule has 0 bridgehead atoms. The zero-order valence-corrected chi connectivity index (χ0v) is 25.9. The molecule has 0 fully saturated rings. The smallest absolute Gasteiger partial charge is 0.407 e. The van der Waals surface area contributed by atoms with Gasteiger partial charge in [-0.15, -0.1) is 0 Å². The fourth-order valence-corrected chi connectivity index (χ4v) is 5.10. The molecule has 0 aliphatic heterocycles. The number of aryl methyl sites for hydroxylation is 2. The van der Waals surface area contributed by atoms with Gasteiger partial charge in [0.15, 0.2) is 0 Å². The van der Waals surface area contributed by atoms with Crippen LogP contribution in [0, 0.1) is 0 Å². The Hall–Kier alpha value is -4.62. The van der Waals surface area contributed by atoms with Crippen LogP contribution < -0.4 is 16.0 Å². The average Bonchev–Trinajstić information content (AvgIpc) is 3.09. The lowest BCUT2D eigenvalue weighted by molar-refractivity contribution is 0.133. The molecule has 4 aromatic carbocycles. The van der Waals surface area contributed by atoms with Crippen molar-refractivity contribution in [1.29, 1.82) is 0 Å². The number of amides is 2. The molecule has 0 saturated carbocycles. The molecule has 0 aliphatic rings. The van der Waals surface area contributed by atoms with E-state index in [1.54, 1.807) is 0 Å². The highest BCUT2D eigenvalue weighted by molar-refractivity contribution is 5.68. The zero-order valence-electron chi connectivity index (χ0n) is 25.9. The predicted molar refractivity (Wildman–Crippen MR) is 179 cm³/mol. The molecule has 0 heterocycles. The first-order valence-corrected chi connectivity index (χ1v) is 15.9. The van der Waals surface area contributed by atoms with Crippen molar-refractivity contribution in [1.82, 2.24) is 16.0 Å². The summed E-state index contributed by atoms with van der Waals surface area (Å²) in [4.78, 5) is 25.0. The minimum atomic E-state index is -0.453. The van der Waals surface area contributed by atoms with Gasteiger partial charge in [0.2, 0.25) is 0 Å². The van der Waals surface area contributed by atoms with Gasteiger partial charge < -0.3 is 25.4 Å². The monoisotopic (exact) mass is 607 g/mol. The molecule has 7 heteroatoms. The fraction of sp³-hybridized carbons (Fsp3) is 0.316. The number of benzene rings is 4. The van der Waals surface area contributed by atoms with Gasteiger partial charge in [-0.3, -0.25) is 0 Å². The standard InChI is InChI=1S/C38H45N3O4/c42-37(44-29-33-18-9-3-10-19-33)39-27-13-22-36(41-38(43)45-30-34-20-11-4-12-21-34)28-40-35(25-23-31-14-5-1-6-15-31)26-24-32-16-7-2-8-17-32/h1-12,14-21,35-36,40H,13,22-30H2,(H,39,42)(H,41,43)/t36-/m0/s1. The minimum Gasteiger partial charge on any atom is -0.445 e. The highest BCUT2D eigenvalue weighted by Crippen LogP contribution is 2.12. The van der Waals surface area contributed by atoms with Crippen LogP contribution in [-0.4, -0.2) is 37.4 Å². The number of carbonyl (C=O) groups excluding carboxylic acids is 2. The molecular formula is C38H45N3O4. The van der Waals surface area contributed by atoms with Crippen LogP contribution in [0.5, 0.6) is 0 Å². The number of carbonyl (C=O) groups is 2. The van der Waals surface area contributed by atoms with Crippen LogP contribution in [0.15, 0.2) is 121 Å². The quantitative estimate of drug-likeness (QED) is 0.104. The van der Waals surface area contributed by atoms with Gasteiger partial charge in [0.05, 0.1) is 0 Å². The normalized spacial score (nSPS) is 11.5. The molecule has 0 aromatic heterocycles. The van der Waals surface area contributed by atoms with Crippen molar-refractivity contribution >= 4 is 12.2 Å². The summed E-state index contributed by atoms with van der Waals surface area (Å²) in [5.74, 6) is 0. The summed E-state index contributed by atoms with van der Waals surface area (Å²) >= 11 is 0. The molecule has 0 saturated heterocycles. The SMILES string of the molecule is O=C(NCCC[C@@H](CNC(CCc1ccccc1)CCc1ccccc1)NC(=O)OCc1ccccc1)OCc1ccccc1. The molecule has 4 rings (SSSR count). The third-order valence-electron chi connectivity index (χ3n) is 7.65. The summed E-state index contributed by atoms with van der Waals surface area (Å²) < 4.78 is 10.9. The lowest BCUT2D eigenvalue weighted by Gasteiger charge is -2.24. The minimum absolute atomic E-state index is 0.175. The number of ether oxygens (including phenoxy) is 2. The van der Waals surface area contributed by atoms with Crippen molar-refractivity contribution < 1.29 is 19.1 Å². The lowest BCUT2D eigenvalue weighted by Crippen LogP contribution is -2.45. The van der Waals surface area contributed by atoms with E-state index in [4.69, 9.17) is 9.47 Å². The molecule has 7 nitrogen and oxygen atoms in total. The second-order valence-electron chi connectivity index (χ2n) is 11.2. The van der Waals surface area contributed by atoms with E-state index in [9.17, 15) is 9.59 Å². The third kappa shape index (κ3) is 13.7. The van der Waals surface area contributed by atoms with Crippen molar-refractivity contribution in [3.8, 4) is 0 Å². The first-order valence-electron chi connectivity index (χ1n) is 15.9. The Morgan fingerprint density at radius 1 is 0.533 bits per heavy atom. The van der Waals surface area contributed by atoms with Crippen molar-refractivity contribution in [2.24, 2.45) is 0 Å². The maximum Gasteiger partial charge on any atom is 0.407 e. The summed E-state index contributed by atoms with van der Waals surface area (Å²) in [6.45, 7) is 1.46. The first-order chi connectivity index (χ1) is 22.1. The molecular weight excluding hydrogens is 562 g/mol. The molecule has 1 atom stereocenters. The maximum absolute atomic E-state index is 12.8. The maximum atomic E-state index is 12.8. The van der Waals surface area contributed by atoms with Gasteiger partial charge in [0.1, 0.15) is 13.2 Å². The van der Waals surface area contributed by atoms with Crippen molar-refractivity contribution in [3.05, 3.63) is 144 Å². The Kier molecular flexibility index (Phi) is 14.5. The van der Waals surface area contributed by atoms with Crippen LogP contribution in [0.3, 0.4) is 0 Å². The lowest BCUT2D eigenvalue weighted by atomic mass is 9.98. The van der Waals surface area contributed by atoms with E-state index in [1.807, 2.05) is 72.8 Å². The number of hydrogen-bond donors (Lipinski definition) is 3. The highest BCUT2D eigenvalue weighted by atomic mass is 16.6. The third-order valence-corrected chi connectivity index (χ3v) is 7.65. The summed E-state index contributed by atoms with van der Waals surface area (Å²) in [5, 5.41) is 9.63. The van der Waals surface area contributed by atoms with E-state index in [1.165, 1.54) is 11.1 Å². The van der Waals surface area contributed by atoms with Gasteiger partial charge in [-0.1, -0.05) is 121 Å². The second kappa shape index (κ2) is 19.6. The Morgan fingerprint density at radius 2 is 0.978 bits per heavy atom. The van der Waals surface area contributed by atoms with Gasteiger partial charge in [-0.05, 0) is 60.8 Å². The van der Waals surface area contributed by atoms with E-state index >= 15 is 0 Å². The molecule has 0 unspecified atom stereocenters. The van der Waals surface area contributed by atoms with Gasteiger partial charge in [-0.2, -0.15) is 0 Å². The van der Waals surface area contributed by atoms with Gasteiger partial charge in [0, 0.05) is 25.2 Å². The molecule has 2 amide bonds. The summed E-state index contributed by atoms with van der Waals surface area (Å²) in [5.41, 5.74) is 4.50. The Balaban J connectivity index is 1.29. The summed E-state index contributed by atoms with van der Waals surface area (Å²) in [7, 11) is 0.